The van der Waals surface area contributed by atoms with Crippen molar-refractivity contribution >= 4 is 35.9 Å². The van der Waals surface area contributed by atoms with E-state index in [1.807, 2.05) is 20.8 Å². The van der Waals surface area contributed by atoms with Crippen LogP contribution in [0.15, 0.2) is 4.99 Å². The van der Waals surface area contributed by atoms with Crippen molar-refractivity contribution in [2.24, 2.45) is 10.9 Å². The summed E-state index contributed by atoms with van der Waals surface area (Å²) in [5, 5.41) is 3.32. The van der Waals surface area contributed by atoms with E-state index in [4.69, 9.17) is 4.74 Å². The van der Waals surface area contributed by atoms with Gasteiger partial charge in [-0.25, -0.2) is 4.99 Å². The van der Waals surface area contributed by atoms with Crippen LogP contribution in [0.4, 0.5) is 0 Å². The number of piperidine rings is 1. The van der Waals surface area contributed by atoms with E-state index in [0.29, 0.717) is 5.92 Å². The molecule has 1 N–H and O–H groups in total. The Bertz CT molecular complexity index is 459. The topological polar surface area (TPSA) is 57.2 Å². The molecule has 26 heavy (non-hydrogen) atoms. The quantitative estimate of drug-likeness (QED) is 0.284. The Labute approximate surface area is 176 Å². The predicted octanol–water partition coefficient (Wildman–Crippen LogP) is 2.72. The van der Waals surface area contributed by atoms with Gasteiger partial charge in [0.25, 0.3) is 0 Å². The van der Waals surface area contributed by atoms with Crippen LogP contribution < -0.4 is 5.32 Å². The maximum Gasteiger partial charge on any atom is 0.328 e. The number of guanidine groups is 1. The standard InChI is InChI=1S/C19H36N4O2.HI/c1-5-20-18(21-13-17(24)25-19(2,3)4)23-12-9-16(15-23)14-22-10-7-6-8-11-22;/h16H,5-15H2,1-4H3,(H,20,21);1H. The number of hydrogen-bond acceptors (Lipinski definition) is 4. The van der Waals surface area contributed by atoms with Crippen molar-refractivity contribution in [3.63, 3.8) is 0 Å². The number of halogens is 1. The number of aliphatic imine (C=N–C) groups is 1. The van der Waals surface area contributed by atoms with Gasteiger partial charge in [-0.2, -0.15) is 0 Å². The van der Waals surface area contributed by atoms with Crippen LogP contribution in [0.3, 0.4) is 0 Å². The second kappa shape index (κ2) is 11.3. The minimum Gasteiger partial charge on any atom is -0.459 e. The predicted molar refractivity (Wildman–Crippen MR) is 117 cm³/mol. The molecule has 6 nitrogen and oxygen atoms in total. The molecule has 2 heterocycles. The molecule has 152 valence electrons. The molecular weight excluding hydrogens is 443 g/mol. The average Bonchev–Trinajstić information content (AvgIpc) is 2.99. The first-order chi connectivity index (χ1) is 11.9. The Kier molecular flexibility index (Phi) is 10.2. The van der Waals surface area contributed by atoms with Crippen LogP contribution >= 0.6 is 24.0 Å². The fourth-order valence-electron chi connectivity index (χ4n) is 3.62. The molecule has 7 heteroatoms. The lowest BCUT2D eigenvalue weighted by Gasteiger charge is -2.29. The van der Waals surface area contributed by atoms with E-state index in [2.05, 4.69) is 27.0 Å². The van der Waals surface area contributed by atoms with Gasteiger partial charge in [-0.05, 0) is 66.0 Å². The Morgan fingerprint density at radius 2 is 1.88 bits per heavy atom. The minimum atomic E-state index is -0.460. The smallest absolute Gasteiger partial charge is 0.328 e. The van der Waals surface area contributed by atoms with Crippen molar-refractivity contribution in [2.45, 2.75) is 59.0 Å². The van der Waals surface area contributed by atoms with Crippen LogP contribution in [0.2, 0.25) is 0 Å². The van der Waals surface area contributed by atoms with Gasteiger partial charge < -0.3 is 19.9 Å². The van der Waals surface area contributed by atoms with Crippen molar-refractivity contribution in [1.82, 2.24) is 15.1 Å². The molecule has 1 unspecified atom stereocenters. The number of carbonyl (C=O) groups is 1. The Morgan fingerprint density at radius 1 is 1.19 bits per heavy atom. The van der Waals surface area contributed by atoms with Crippen molar-refractivity contribution in [1.29, 1.82) is 0 Å². The van der Waals surface area contributed by atoms with Crippen LogP contribution in [-0.4, -0.2) is 73.1 Å². The fourth-order valence-corrected chi connectivity index (χ4v) is 3.62. The number of likely N-dealkylation sites (tertiary alicyclic amines) is 2. The van der Waals surface area contributed by atoms with Crippen molar-refractivity contribution in [3.05, 3.63) is 0 Å². The SMILES string of the molecule is CCNC(=NCC(=O)OC(C)(C)C)N1CCC(CN2CCCCC2)C1.I. The van der Waals surface area contributed by atoms with E-state index in [1.54, 1.807) is 0 Å². The number of rotatable bonds is 5. The zero-order valence-corrected chi connectivity index (χ0v) is 19.3. The van der Waals surface area contributed by atoms with E-state index in [1.165, 1.54) is 45.3 Å². The lowest BCUT2D eigenvalue weighted by Crippen LogP contribution is -2.41. The summed E-state index contributed by atoms with van der Waals surface area (Å²) in [6.07, 6.45) is 5.27. The number of ether oxygens (including phenoxy) is 1. The summed E-state index contributed by atoms with van der Waals surface area (Å²) in [7, 11) is 0. The van der Waals surface area contributed by atoms with Crippen molar-refractivity contribution in [2.75, 3.05) is 45.8 Å². The number of carbonyl (C=O) groups excluding carboxylic acids is 1. The van der Waals surface area contributed by atoms with Crippen LogP contribution in [-0.2, 0) is 9.53 Å². The summed E-state index contributed by atoms with van der Waals surface area (Å²) < 4.78 is 5.35. The van der Waals surface area contributed by atoms with E-state index >= 15 is 0 Å². The Morgan fingerprint density at radius 3 is 2.50 bits per heavy atom. The van der Waals surface area contributed by atoms with Gasteiger partial charge >= 0.3 is 5.97 Å². The normalized spacial score (nSPS) is 22.1. The zero-order valence-electron chi connectivity index (χ0n) is 16.9. The molecule has 2 rings (SSSR count). The summed E-state index contributed by atoms with van der Waals surface area (Å²) in [4.78, 5) is 21.3. The molecule has 0 aromatic carbocycles. The van der Waals surface area contributed by atoms with Gasteiger partial charge in [0.1, 0.15) is 12.1 Å². The lowest BCUT2D eigenvalue weighted by atomic mass is 10.1. The fraction of sp³-hybridized carbons (Fsp3) is 0.895. The van der Waals surface area contributed by atoms with Crippen molar-refractivity contribution < 1.29 is 9.53 Å². The third kappa shape index (κ3) is 8.41. The molecule has 0 radical (unpaired) electrons. The molecule has 0 amide bonds. The summed E-state index contributed by atoms with van der Waals surface area (Å²) >= 11 is 0. The molecule has 1 atom stereocenters. The van der Waals surface area contributed by atoms with Gasteiger partial charge in [-0.15, -0.1) is 24.0 Å². The third-order valence-electron chi connectivity index (χ3n) is 4.66. The van der Waals surface area contributed by atoms with Gasteiger partial charge in [0, 0.05) is 26.2 Å². The van der Waals surface area contributed by atoms with Crippen molar-refractivity contribution in [3.8, 4) is 0 Å². The highest BCUT2D eigenvalue weighted by molar-refractivity contribution is 14.0. The first-order valence-electron chi connectivity index (χ1n) is 9.85. The molecule has 2 fully saturated rings. The maximum absolute atomic E-state index is 11.9. The van der Waals surface area contributed by atoms with Crippen LogP contribution in [0.5, 0.6) is 0 Å². The number of hydrogen-bond donors (Lipinski definition) is 1. The highest BCUT2D eigenvalue weighted by Gasteiger charge is 2.27. The number of nitrogens with one attached hydrogen (secondary N) is 1. The summed E-state index contributed by atoms with van der Waals surface area (Å²) in [6, 6.07) is 0. The lowest BCUT2D eigenvalue weighted by molar-refractivity contribution is -0.152. The minimum absolute atomic E-state index is 0. The second-order valence-electron chi connectivity index (χ2n) is 8.22. The largest absolute Gasteiger partial charge is 0.459 e. The third-order valence-corrected chi connectivity index (χ3v) is 4.66. The Hall–Kier alpha value is -0.570. The Balaban J connectivity index is 0.00000338. The second-order valence-corrected chi connectivity index (χ2v) is 8.22. The first-order valence-corrected chi connectivity index (χ1v) is 9.85. The maximum atomic E-state index is 11.9. The molecule has 0 spiro atoms. The van der Waals surface area contributed by atoms with E-state index in [9.17, 15) is 4.79 Å². The van der Waals surface area contributed by atoms with Gasteiger partial charge in [-0.3, -0.25) is 4.79 Å². The van der Waals surface area contributed by atoms with E-state index in [0.717, 1.165) is 25.6 Å². The van der Waals surface area contributed by atoms with E-state index in [-0.39, 0.29) is 36.5 Å². The number of nitrogens with zero attached hydrogens (tertiary/aromatic N) is 3. The summed E-state index contributed by atoms with van der Waals surface area (Å²) in [6.45, 7) is 14.3. The van der Waals surface area contributed by atoms with Gasteiger partial charge in [0.15, 0.2) is 5.96 Å². The van der Waals surface area contributed by atoms with Gasteiger partial charge in [-0.1, -0.05) is 6.42 Å². The number of esters is 1. The van der Waals surface area contributed by atoms with Crippen LogP contribution in [0, 0.1) is 5.92 Å². The molecule has 2 aliphatic rings. The van der Waals surface area contributed by atoms with Crippen LogP contribution in [0.1, 0.15) is 53.4 Å². The molecule has 0 aromatic heterocycles. The molecule has 0 aliphatic carbocycles. The van der Waals surface area contributed by atoms with Gasteiger partial charge in [0.2, 0.25) is 0 Å². The molecule has 0 bridgehead atoms. The van der Waals surface area contributed by atoms with Gasteiger partial charge in [0.05, 0.1) is 0 Å². The molecule has 0 saturated carbocycles. The molecule has 2 aliphatic heterocycles. The highest BCUT2D eigenvalue weighted by Crippen LogP contribution is 2.20. The summed E-state index contributed by atoms with van der Waals surface area (Å²) in [5.41, 5.74) is -0.460. The first kappa shape index (κ1) is 23.5. The molecule has 0 aromatic rings. The molecular formula is C19H37IN4O2. The summed E-state index contributed by atoms with van der Waals surface area (Å²) in [5.74, 6) is 1.27. The zero-order chi connectivity index (χ0) is 18.3. The highest BCUT2D eigenvalue weighted by atomic mass is 127. The monoisotopic (exact) mass is 480 g/mol. The average molecular weight is 480 g/mol. The molecule has 2 saturated heterocycles. The van der Waals surface area contributed by atoms with Crippen LogP contribution in [0.25, 0.3) is 0 Å². The van der Waals surface area contributed by atoms with E-state index < -0.39 is 5.60 Å².